The van der Waals surface area contributed by atoms with Gasteiger partial charge in [-0.3, -0.25) is 0 Å². The Balaban J connectivity index is 0. The molecule has 0 radical (unpaired) electrons. The molecule has 0 aromatic heterocycles. The minimum atomic E-state index is 0. The number of halogens is 3. The van der Waals surface area contributed by atoms with Crippen LogP contribution in [0.25, 0.3) is 0 Å². The van der Waals surface area contributed by atoms with E-state index in [9.17, 15) is 0 Å². The molecule has 0 fully saturated rings. The predicted octanol–water partition coefficient (Wildman–Crippen LogP) is 1.99. The van der Waals surface area contributed by atoms with E-state index >= 15 is 0 Å². The SMILES string of the molecule is I.[Cl][Fe][Cl]. The topological polar surface area (TPSA) is 0 Å². The van der Waals surface area contributed by atoms with E-state index in [1.54, 1.807) is 0 Å². The Hall–Kier alpha value is 1.83. The first kappa shape index (κ1) is 9.27. The maximum absolute atomic E-state index is 4.76. The Bertz CT molecular complexity index is 6.00. The quantitative estimate of drug-likeness (QED) is 0.458. The standard InChI is InChI=1S/2ClH.Fe.HI/h2*1H;;1H/q;;+2;/p-2. The second-order valence-corrected chi connectivity index (χ2v) is 1.87. The van der Waals surface area contributed by atoms with E-state index < -0.39 is 0 Å². The molecule has 4 heavy (non-hydrogen) atoms. The number of hydrogen-bond acceptors (Lipinski definition) is 0. The van der Waals surface area contributed by atoms with Gasteiger partial charge in [-0.1, -0.05) is 0 Å². The Morgan fingerprint density at radius 1 is 1.25 bits per heavy atom. The zero-order valence-corrected chi connectivity index (χ0v) is 6.46. The first-order valence-electron chi connectivity index (χ1n) is 0.267. The normalized spacial score (nSPS) is 5.50. The van der Waals surface area contributed by atoms with Crippen molar-refractivity contribution in [3.8, 4) is 0 Å². The summed E-state index contributed by atoms with van der Waals surface area (Å²) >= 11 is 0.194. The van der Waals surface area contributed by atoms with Crippen LogP contribution < -0.4 is 0 Å². The van der Waals surface area contributed by atoms with Gasteiger partial charge in [0.05, 0.1) is 0 Å². The summed E-state index contributed by atoms with van der Waals surface area (Å²) in [5, 5.41) is 0. The van der Waals surface area contributed by atoms with Crippen LogP contribution >= 0.6 is 44.2 Å². The molecule has 0 aliphatic carbocycles. The van der Waals surface area contributed by atoms with Crippen LogP contribution in [-0.4, -0.2) is 0 Å². The van der Waals surface area contributed by atoms with E-state index in [-0.39, 0.29) is 37.1 Å². The second-order valence-electron chi connectivity index (χ2n) is 0.0505. The van der Waals surface area contributed by atoms with Crippen molar-refractivity contribution in [1.82, 2.24) is 0 Å². The fourth-order valence-electron chi connectivity index (χ4n) is 0. The zero-order chi connectivity index (χ0) is 2.71. The summed E-state index contributed by atoms with van der Waals surface area (Å²) in [6, 6.07) is 0. The monoisotopic (exact) mass is 254 g/mol. The molecule has 0 spiro atoms. The van der Waals surface area contributed by atoms with Crippen LogP contribution in [0.4, 0.5) is 0 Å². The predicted molar refractivity (Wildman–Crippen MR) is 27.1 cm³/mol. The maximum atomic E-state index is 4.76. The first-order chi connectivity index (χ1) is 1.41. The Labute approximate surface area is 56.9 Å². The molecule has 0 aliphatic rings. The van der Waals surface area contributed by atoms with Crippen molar-refractivity contribution in [2.24, 2.45) is 0 Å². The molecule has 0 saturated heterocycles. The van der Waals surface area contributed by atoms with Gasteiger partial charge in [0.15, 0.2) is 0 Å². The van der Waals surface area contributed by atoms with Crippen LogP contribution in [0.3, 0.4) is 0 Å². The molecule has 0 N–H and O–H groups in total. The first-order valence-corrected chi connectivity index (χ1v) is 3.31. The van der Waals surface area contributed by atoms with Crippen LogP contribution in [0.2, 0.25) is 0 Å². The molecular weight excluding hydrogens is 254 g/mol. The third-order valence-corrected chi connectivity index (χ3v) is 0. The molecule has 4 heteroatoms. The molecular formula is HCl2FeI. The van der Waals surface area contributed by atoms with Gasteiger partial charge >= 0.3 is 33.3 Å². The van der Waals surface area contributed by atoms with Crippen LogP contribution in [0, 0.1) is 0 Å². The molecule has 0 amide bonds. The van der Waals surface area contributed by atoms with Gasteiger partial charge in [-0.15, -0.1) is 24.0 Å². The van der Waals surface area contributed by atoms with E-state index in [0.29, 0.717) is 0 Å². The molecule has 0 unspecified atom stereocenters. The van der Waals surface area contributed by atoms with Crippen LogP contribution in [0.5, 0.6) is 0 Å². The molecule has 0 rings (SSSR count). The minimum absolute atomic E-state index is 0. The molecule has 0 aliphatic heterocycles. The summed E-state index contributed by atoms with van der Waals surface area (Å²) in [7, 11) is 9.53. The van der Waals surface area contributed by atoms with Gasteiger partial charge in [0.1, 0.15) is 0 Å². The van der Waals surface area contributed by atoms with Crippen molar-refractivity contribution in [3.63, 3.8) is 0 Å². The average molecular weight is 255 g/mol. The van der Waals surface area contributed by atoms with Gasteiger partial charge in [0, 0.05) is 0 Å². The van der Waals surface area contributed by atoms with Crippen LogP contribution in [0.1, 0.15) is 0 Å². The van der Waals surface area contributed by atoms with Crippen LogP contribution in [-0.2, 0) is 13.1 Å². The van der Waals surface area contributed by atoms with E-state index in [2.05, 4.69) is 0 Å². The Morgan fingerprint density at radius 2 is 1.25 bits per heavy atom. The van der Waals surface area contributed by atoms with Gasteiger partial charge in [-0.2, -0.15) is 0 Å². The van der Waals surface area contributed by atoms with Crippen molar-refractivity contribution < 1.29 is 13.1 Å². The molecule has 0 aromatic rings. The third-order valence-electron chi connectivity index (χ3n) is 0. The summed E-state index contributed by atoms with van der Waals surface area (Å²) in [5.41, 5.74) is 0. The fourth-order valence-corrected chi connectivity index (χ4v) is 0. The van der Waals surface area contributed by atoms with Crippen LogP contribution in [0.15, 0.2) is 0 Å². The summed E-state index contributed by atoms with van der Waals surface area (Å²) in [4.78, 5) is 0. The van der Waals surface area contributed by atoms with Gasteiger partial charge < -0.3 is 0 Å². The van der Waals surface area contributed by atoms with Gasteiger partial charge in [-0.05, 0) is 0 Å². The summed E-state index contributed by atoms with van der Waals surface area (Å²) < 4.78 is 0. The van der Waals surface area contributed by atoms with Crippen molar-refractivity contribution in [2.75, 3.05) is 0 Å². The van der Waals surface area contributed by atoms with E-state index in [4.69, 9.17) is 20.2 Å². The van der Waals surface area contributed by atoms with Gasteiger partial charge in [-0.25, -0.2) is 0 Å². The average Bonchev–Trinajstić information content (AvgIpc) is 0.918. The Morgan fingerprint density at radius 3 is 1.25 bits per heavy atom. The summed E-state index contributed by atoms with van der Waals surface area (Å²) in [5.74, 6) is 0. The zero-order valence-electron chi connectivity index (χ0n) is 1.52. The van der Waals surface area contributed by atoms with Crippen molar-refractivity contribution in [2.45, 2.75) is 0 Å². The number of hydrogen-bond donors (Lipinski definition) is 0. The summed E-state index contributed by atoms with van der Waals surface area (Å²) in [6.07, 6.45) is 0. The number of rotatable bonds is 0. The van der Waals surface area contributed by atoms with Crippen molar-refractivity contribution in [1.29, 1.82) is 0 Å². The van der Waals surface area contributed by atoms with Crippen molar-refractivity contribution in [3.05, 3.63) is 0 Å². The molecule has 0 atom stereocenters. The van der Waals surface area contributed by atoms with E-state index in [1.807, 2.05) is 0 Å². The van der Waals surface area contributed by atoms with E-state index in [1.165, 1.54) is 0 Å². The fraction of sp³-hybridized carbons (Fsp3) is 0. The second kappa shape index (κ2) is 8.85. The van der Waals surface area contributed by atoms with Gasteiger partial charge in [0.2, 0.25) is 0 Å². The third kappa shape index (κ3) is 9.16. The summed E-state index contributed by atoms with van der Waals surface area (Å²) in [6.45, 7) is 0. The molecule has 30 valence electrons. The van der Waals surface area contributed by atoms with Gasteiger partial charge in [0.25, 0.3) is 0 Å². The van der Waals surface area contributed by atoms with E-state index in [0.717, 1.165) is 0 Å². The van der Waals surface area contributed by atoms with Crippen molar-refractivity contribution >= 4 is 44.2 Å². The molecule has 0 bridgehead atoms. The molecule has 0 saturated carbocycles. The molecule has 0 aromatic carbocycles. The molecule has 0 heterocycles. The molecule has 0 nitrogen and oxygen atoms in total. The Kier molecular flexibility index (Phi) is 20.5.